The Kier molecular flexibility index (Phi) is 4.53. The van der Waals surface area contributed by atoms with Crippen LogP contribution >= 0.6 is 0 Å². The standard InChI is InChI=1S/C11H15N5O2/c1-11(10(12)18,14-6-7-15-16-13)8-2-4-9(17)5-3-8/h2-5,14,17H,6-7H2,1H3,(H2,12,18). The molecule has 1 aromatic rings. The molecule has 0 fully saturated rings. The van der Waals surface area contributed by atoms with Crippen molar-refractivity contribution in [3.63, 3.8) is 0 Å². The molecular formula is C11H15N5O2. The predicted octanol–water partition coefficient (Wildman–Crippen LogP) is 0.993. The monoisotopic (exact) mass is 249 g/mol. The Hall–Kier alpha value is -2.24. The van der Waals surface area contributed by atoms with E-state index in [0.29, 0.717) is 12.1 Å². The number of benzene rings is 1. The molecule has 18 heavy (non-hydrogen) atoms. The fourth-order valence-corrected chi connectivity index (χ4v) is 1.53. The lowest BCUT2D eigenvalue weighted by atomic mass is 9.91. The highest BCUT2D eigenvalue weighted by Gasteiger charge is 2.32. The normalized spacial score (nSPS) is 13.4. The highest BCUT2D eigenvalue weighted by Crippen LogP contribution is 2.22. The number of azide groups is 1. The number of aromatic hydroxyl groups is 1. The lowest BCUT2D eigenvalue weighted by molar-refractivity contribution is -0.124. The van der Waals surface area contributed by atoms with Gasteiger partial charge in [0, 0.05) is 18.0 Å². The van der Waals surface area contributed by atoms with Crippen LogP contribution in [0.3, 0.4) is 0 Å². The van der Waals surface area contributed by atoms with Crippen molar-refractivity contribution in [2.45, 2.75) is 12.5 Å². The highest BCUT2D eigenvalue weighted by atomic mass is 16.3. The zero-order chi connectivity index (χ0) is 13.6. The summed E-state index contributed by atoms with van der Waals surface area (Å²) in [5.74, 6) is -0.436. The highest BCUT2D eigenvalue weighted by molar-refractivity contribution is 5.85. The summed E-state index contributed by atoms with van der Waals surface area (Å²) in [6.45, 7) is 2.18. The van der Waals surface area contributed by atoms with E-state index in [9.17, 15) is 9.90 Å². The maximum Gasteiger partial charge on any atom is 0.242 e. The summed E-state index contributed by atoms with van der Waals surface area (Å²) in [5.41, 5.74) is 13.1. The molecule has 7 nitrogen and oxygen atoms in total. The average molecular weight is 249 g/mol. The number of nitrogens with zero attached hydrogens (tertiary/aromatic N) is 3. The molecule has 0 radical (unpaired) electrons. The predicted molar refractivity (Wildman–Crippen MR) is 66.7 cm³/mol. The summed E-state index contributed by atoms with van der Waals surface area (Å²) in [6.07, 6.45) is 0. The molecule has 0 bridgehead atoms. The summed E-state index contributed by atoms with van der Waals surface area (Å²) >= 11 is 0. The molecule has 1 atom stereocenters. The van der Waals surface area contributed by atoms with Crippen LogP contribution in [0.2, 0.25) is 0 Å². The van der Waals surface area contributed by atoms with Crippen molar-refractivity contribution in [2.75, 3.05) is 13.1 Å². The van der Waals surface area contributed by atoms with Crippen molar-refractivity contribution in [1.82, 2.24) is 5.32 Å². The van der Waals surface area contributed by atoms with E-state index in [0.717, 1.165) is 0 Å². The first-order chi connectivity index (χ1) is 8.50. The number of amides is 1. The molecule has 7 heteroatoms. The maximum absolute atomic E-state index is 11.6. The summed E-state index contributed by atoms with van der Waals surface area (Å²) in [6, 6.07) is 6.18. The van der Waals surface area contributed by atoms with Crippen LogP contribution in [0.25, 0.3) is 10.4 Å². The Morgan fingerprint density at radius 2 is 2.17 bits per heavy atom. The van der Waals surface area contributed by atoms with E-state index in [2.05, 4.69) is 15.3 Å². The number of primary amides is 1. The van der Waals surface area contributed by atoms with E-state index in [-0.39, 0.29) is 12.3 Å². The van der Waals surface area contributed by atoms with Crippen LogP contribution in [0.5, 0.6) is 5.75 Å². The first kappa shape index (κ1) is 13.8. The van der Waals surface area contributed by atoms with Crippen LogP contribution in [0.4, 0.5) is 0 Å². The van der Waals surface area contributed by atoms with Gasteiger partial charge in [0.15, 0.2) is 0 Å². The van der Waals surface area contributed by atoms with Crippen molar-refractivity contribution in [3.8, 4) is 5.75 Å². The molecule has 0 aliphatic heterocycles. The van der Waals surface area contributed by atoms with Crippen molar-refractivity contribution >= 4 is 5.91 Å². The third-order valence-electron chi connectivity index (χ3n) is 2.69. The summed E-state index contributed by atoms with van der Waals surface area (Å²) in [7, 11) is 0. The van der Waals surface area contributed by atoms with Gasteiger partial charge in [0.05, 0.1) is 0 Å². The first-order valence-corrected chi connectivity index (χ1v) is 5.36. The number of nitrogens with two attached hydrogens (primary N) is 1. The second-order valence-corrected chi connectivity index (χ2v) is 3.92. The number of hydrogen-bond donors (Lipinski definition) is 3. The van der Waals surface area contributed by atoms with Crippen molar-refractivity contribution in [2.24, 2.45) is 10.8 Å². The van der Waals surface area contributed by atoms with E-state index in [1.165, 1.54) is 12.1 Å². The number of phenolic OH excluding ortho intramolecular Hbond substituents is 1. The number of carbonyl (C=O) groups excluding carboxylic acids is 1. The Morgan fingerprint density at radius 1 is 1.56 bits per heavy atom. The van der Waals surface area contributed by atoms with Crippen molar-refractivity contribution < 1.29 is 9.90 Å². The van der Waals surface area contributed by atoms with Gasteiger partial charge < -0.3 is 10.8 Å². The SMILES string of the molecule is CC(NCCN=[N+]=[N-])(C(N)=O)c1ccc(O)cc1. The minimum absolute atomic E-state index is 0.111. The fourth-order valence-electron chi connectivity index (χ4n) is 1.53. The van der Waals surface area contributed by atoms with Crippen molar-refractivity contribution in [1.29, 1.82) is 0 Å². The zero-order valence-corrected chi connectivity index (χ0v) is 10.00. The Bertz CT molecular complexity index is 467. The van der Waals surface area contributed by atoms with E-state index in [4.69, 9.17) is 11.3 Å². The third kappa shape index (κ3) is 3.13. The molecule has 0 spiro atoms. The lowest BCUT2D eigenvalue weighted by Gasteiger charge is -2.28. The minimum Gasteiger partial charge on any atom is -0.508 e. The lowest BCUT2D eigenvalue weighted by Crippen LogP contribution is -2.51. The van der Waals surface area contributed by atoms with Gasteiger partial charge in [0.1, 0.15) is 11.3 Å². The van der Waals surface area contributed by atoms with Crippen LogP contribution in [0.15, 0.2) is 29.4 Å². The topological polar surface area (TPSA) is 124 Å². The Balaban J connectivity index is 2.89. The van der Waals surface area contributed by atoms with Crippen LogP contribution in [0, 0.1) is 0 Å². The van der Waals surface area contributed by atoms with Crippen molar-refractivity contribution in [3.05, 3.63) is 40.3 Å². The van der Waals surface area contributed by atoms with Gasteiger partial charge >= 0.3 is 0 Å². The van der Waals surface area contributed by atoms with Gasteiger partial charge in [-0.25, -0.2) is 0 Å². The molecule has 0 aromatic heterocycles. The van der Waals surface area contributed by atoms with Gasteiger partial charge in [-0.3, -0.25) is 10.1 Å². The van der Waals surface area contributed by atoms with E-state index < -0.39 is 11.4 Å². The van der Waals surface area contributed by atoms with Gasteiger partial charge in [-0.15, -0.1) is 0 Å². The average Bonchev–Trinajstić information content (AvgIpc) is 2.35. The zero-order valence-electron chi connectivity index (χ0n) is 10.00. The van der Waals surface area contributed by atoms with Gasteiger partial charge in [-0.1, -0.05) is 17.2 Å². The largest absolute Gasteiger partial charge is 0.508 e. The van der Waals surface area contributed by atoms with Crippen LogP contribution in [-0.2, 0) is 10.3 Å². The third-order valence-corrected chi connectivity index (χ3v) is 2.69. The second kappa shape index (κ2) is 5.90. The number of rotatable bonds is 6. The van der Waals surface area contributed by atoms with E-state index in [1.54, 1.807) is 19.1 Å². The summed E-state index contributed by atoms with van der Waals surface area (Å²) in [4.78, 5) is 14.2. The van der Waals surface area contributed by atoms with Gasteiger partial charge in [-0.2, -0.15) is 0 Å². The molecule has 4 N–H and O–H groups in total. The molecule has 0 aliphatic carbocycles. The van der Waals surface area contributed by atoms with Crippen LogP contribution < -0.4 is 11.1 Å². The quantitative estimate of drug-likeness (QED) is 0.301. The molecule has 1 unspecified atom stereocenters. The van der Waals surface area contributed by atoms with Gasteiger partial charge in [-0.05, 0) is 30.2 Å². The van der Waals surface area contributed by atoms with Crippen LogP contribution in [0.1, 0.15) is 12.5 Å². The Morgan fingerprint density at radius 3 is 2.67 bits per heavy atom. The number of nitrogens with one attached hydrogen (secondary N) is 1. The maximum atomic E-state index is 11.6. The second-order valence-electron chi connectivity index (χ2n) is 3.92. The molecule has 0 aliphatic rings. The molecule has 0 saturated carbocycles. The molecule has 1 rings (SSSR count). The molecule has 96 valence electrons. The molecule has 1 amide bonds. The van der Waals surface area contributed by atoms with E-state index in [1.807, 2.05) is 0 Å². The van der Waals surface area contributed by atoms with Gasteiger partial charge in [0.25, 0.3) is 0 Å². The summed E-state index contributed by atoms with van der Waals surface area (Å²) in [5, 5.41) is 15.5. The molecule has 1 aromatic carbocycles. The molecule has 0 heterocycles. The molecule has 0 saturated heterocycles. The smallest absolute Gasteiger partial charge is 0.242 e. The number of phenols is 1. The van der Waals surface area contributed by atoms with Gasteiger partial charge in [0.2, 0.25) is 5.91 Å². The van der Waals surface area contributed by atoms with Crippen LogP contribution in [-0.4, -0.2) is 24.1 Å². The first-order valence-electron chi connectivity index (χ1n) is 5.36. The number of carbonyl (C=O) groups is 1. The summed E-state index contributed by atoms with van der Waals surface area (Å²) < 4.78 is 0. The minimum atomic E-state index is -1.07. The molecular weight excluding hydrogens is 234 g/mol. The fraction of sp³-hybridized carbons (Fsp3) is 0.364. The number of hydrogen-bond acceptors (Lipinski definition) is 4. The van der Waals surface area contributed by atoms with E-state index >= 15 is 0 Å². The Labute approximate surface area is 104 Å².